The van der Waals surface area contributed by atoms with Crippen molar-refractivity contribution in [1.82, 2.24) is 9.88 Å². The number of allylic oxidation sites excluding steroid dienone is 2. The van der Waals surface area contributed by atoms with E-state index in [1.165, 1.54) is 6.07 Å². The van der Waals surface area contributed by atoms with Crippen molar-refractivity contribution in [1.29, 1.82) is 0 Å². The fraction of sp³-hybridized carbons (Fsp3) is 0.393. The molecule has 1 atom stereocenters. The molecule has 1 spiro atoms. The molecule has 1 aliphatic carbocycles. The number of pyridine rings is 1. The minimum Gasteiger partial charge on any atom is -0.478 e. The Morgan fingerprint density at radius 1 is 1.16 bits per heavy atom. The molecule has 0 radical (unpaired) electrons. The number of halogens is 3. The first-order chi connectivity index (χ1) is 18.3. The minimum absolute atomic E-state index is 0.0227. The molecule has 1 N–H and O–H groups in total. The highest BCUT2D eigenvalue weighted by atomic mass is 19.2. The molecule has 38 heavy (non-hydrogen) atoms. The molecule has 0 bridgehead atoms. The molecule has 3 aliphatic rings. The lowest BCUT2D eigenvalue weighted by molar-refractivity contribution is -0.132. The number of ether oxygens (including phenoxy) is 1. The van der Waals surface area contributed by atoms with Gasteiger partial charge in [0.15, 0.2) is 17.5 Å². The van der Waals surface area contributed by atoms with E-state index in [9.17, 15) is 18.0 Å². The minimum atomic E-state index is -1.51. The van der Waals surface area contributed by atoms with E-state index in [1.807, 2.05) is 13.0 Å². The highest BCUT2D eigenvalue weighted by Crippen LogP contribution is 2.38. The number of likely N-dealkylation sites (tertiary alicyclic amines) is 1. The van der Waals surface area contributed by atoms with E-state index in [-0.39, 0.29) is 17.1 Å². The Balaban J connectivity index is 1.27. The molecule has 2 aliphatic heterocycles. The van der Waals surface area contributed by atoms with Crippen LogP contribution in [0.1, 0.15) is 38.3 Å². The number of nitrogens with zero attached hydrogens (tertiary/aromatic N) is 3. The Kier molecular flexibility index (Phi) is 7.25. The van der Waals surface area contributed by atoms with E-state index >= 15 is 0 Å². The summed E-state index contributed by atoms with van der Waals surface area (Å²) in [7, 11) is 0. The molecule has 3 heterocycles. The monoisotopic (exact) mass is 527 g/mol. The lowest BCUT2D eigenvalue weighted by Gasteiger charge is -2.37. The molecule has 2 aromatic rings. The summed E-state index contributed by atoms with van der Waals surface area (Å²) < 4.78 is 47.7. The number of oxime groups is 1. The molecule has 7 nitrogen and oxygen atoms in total. The zero-order chi connectivity index (χ0) is 26.9. The molecule has 1 aromatic heterocycles. The van der Waals surface area contributed by atoms with Gasteiger partial charge >= 0.3 is 5.97 Å². The molecule has 1 unspecified atom stereocenters. The van der Waals surface area contributed by atoms with Gasteiger partial charge in [0.05, 0.1) is 23.6 Å². The summed E-state index contributed by atoms with van der Waals surface area (Å²) in [6, 6.07) is 5.34. The first-order valence-electron chi connectivity index (χ1n) is 12.6. The Morgan fingerprint density at radius 3 is 2.61 bits per heavy atom. The van der Waals surface area contributed by atoms with E-state index in [1.54, 1.807) is 24.3 Å². The lowest BCUT2D eigenvalue weighted by Crippen LogP contribution is -2.44. The van der Waals surface area contributed by atoms with Crippen LogP contribution in [0.15, 0.2) is 53.2 Å². The van der Waals surface area contributed by atoms with Crippen molar-refractivity contribution in [2.75, 3.05) is 19.7 Å². The molecule has 0 saturated carbocycles. The predicted molar refractivity (Wildman–Crippen MR) is 134 cm³/mol. The first kappa shape index (κ1) is 26.0. The summed E-state index contributed by atoms with van der Waals surface area (Å²) in [5.41, 5.74) is 1.62. The Labute approximate surface area is 218 Å². The van der Waals surface area contributed by atoms with Crippen LogP contribution in [-0.4, -0.2) is 52.0 Å². The number of hydrogen-bond acceptors (Lipinski definition) is 6. The van der Waals surface area contributed by atoms with Crippen molar-refractivity contribution in [3.05, 3.63) is 71.2 Å². The van der Waals surface area contributed by atoms with Crippen LogP contribution in [0.25, 0.3) is 11.1 Å². The van der Waals surface area contributed by atoms with Gasteiger partial charge in [-0.05, 0) is 31.5 Å². The second kappa shape index (κ2) is 10.6. The smallest absolute Gasteiger partial charge is 0.335 e. The van der Waals surface area contributed by atoms with E-state index in [4.69, 9.17) is 14.7 Å². The van der Waals surface area contributed by atoms with E-state index < -0.39 is 29.0 Å². The third-order valence-corrected chi connectivity index (χ3v) is 7.34. The van der Waals surface area contributed by atoms with Crippen molar-refractivity contribution in [3.63, 3.8) is 0 Å². The maximum Gasteiger partial charge on any atom is 0.335 e. The van der Waals surface area contributed by atoms with Gasteiger partial charge in [0.1, 0.15) is 5.60 Å². The number of carboxylic acid groups (broad SMARTS) is 1. The summed E-state index contributed by atoms with van der Waals surface area (Å²) in [4.78, 5) is 23.8. The molecule has 1 fully saturated rings. The number of piperidine rings is 1. The molecular formula is C28H28F3N3O4. The van der Waals surface area contributed by atoms with Crippen LogP contribution in [0.2, 0.25) is 0 Å². The highest BCUT2D eigenvalue weighted by molar-refractivity contribution is 5.93. The predicted octanol–water partition coefficient (Wildman–Crippen LogP) is 5.26. The Morgan fingerprint density at radius 2 is 1.92 bits per heavy atom. The van der Waals surface area contributed by atoms with Crippen LogP contribution in [0.3, 0.4) is 0 Å². The third kappa shape index (κ3) is 5.18. The van der Waals surface area contributed by atoms with Crippen LogP contribution >= 0.6 is 0 Å². The van der Waals surface area contributed by atoms with Crippen LogP contribution < -0.4 is 4.74 Å². The largest absolute Gasteiger partial charge is 0.478 e. The molecule has 0 amide bonds. The van der Waals surface area contributed by atoms with Gasteiger partial charge in [-0.3, -0.25) is 4.90 Å². The molecular weight excluding hydrogens is 499 g/mol. The van der Waals surface area contributed by atoms with Crippen LogP contribution in [-0.2, 0) is 16.2 Å². The SMILES string of the molecule is CCOc1ccc(-c2ccc(F)c(F)c2F)c(CN2CCC3(CC2)CC(C2C=CC(C(=O)O)=CC2)=NO3)n1. The number of rotatable bonds is 7. The second-order valence-electron chi connectivity index (χ2n) is 9.78. The van der Waals surface area contributed by atoms with Crippen LogP contribution in [0.4, 0.5) is 13.2 Å². The van der Waals surface area contributed by atoms with Crippen molar-refractivity contribution >= 4 is 11.7 Å². The van der Waals surface area contributed by atoms with Gasteiger partial charge in [0, 0.05) is 62.0 Å². The summed E-state index contributed by atoms with van der Waals surface area (Å²) in [5, 5.41) is 13.5. The molecule has 1 aromatic carbocycles. The van der Waals surface area contributed by atoms with E-state index in [2.05, 4.69) is 15.0 Å². The molecule has 5 rings (SSSR count). The van der Waals surface area contributed by atoms with Gasteiger partial charge in [-0.2, -0.15) is 0 Å². The van der Waals surface area contributed by atoms with Crippen molar-refractivity contribution < 1.29 is 32.6 Å². The van der Waals surface area contributed by atoms with Gasteiger partial charge in [0.2, 0.25) is 5.88 Å². The third-order valence-electron chi connectivity index (χ3n) is 7.34. The fourth-order valence-electron chi connectivity index (χ4n) is 5.18. The van der Waals surface area contributed by atoms with Gasteiger partial charge in [-0.15, -0.1) is 0 Å². The average molecular weight is 528 g/mol. The number of carboxylic acids is 1. The van der Waals surface area contributed by atoms with Crippen molar-refractivity contribution in [3.8, 4) is 17.0 Å². The Hall–Kier alpha value is -3.66. The summed E-state index contributed by atoms with van der Waals surface area (Å²) in [6.07, 6.45) is 7.88. The second-order valence-corrected chi connectivity index (χ2v) is 9.78. The number of aliphatic carboxylic acids is 1. The van der Waals surface area contributed by atoms with Crippen LogP contribution in [0.5, 0.6) is 5.88 Å². The Bertz CT molecular complexity index is 1330. The summed E-state index contributed by atoms with van der Waals surface area (Å²) >= 11 is 0. The maximum absolute atomic E-state index is 14.7. The standard InChI is InChI=1S/C28H28F3N3O4/c1-2-37-24-10-8-19(20-7-9-21(29)26(31)25(20)30)23(32-24)16-34-13-11-28(12-14-34)15-22(33-38-28)17-3-5-18(6-4-17)27(35)36/h3,5-10,17H,2,4,11-16H2,1H3,(H,35,36). The van der Waals surface area contributed by atoms with Gasteiger partial charge in [-0.25, -0.2) is 22.9 Å². The van der Waals surface area contributed by atoms with E-state index in [0.29, 0.717) is 69.1 Å². The first-order valence-corrected chi connectivity index (χ1v) is 12.6. The maximum atomic E-state index is 14.7. The van der Waals surface area contributed by atoms with Gasteiger partial charge in [-0.1, -0.05) is 23.4 Å². The van der Waals surface area contributed by atoms with Crippen LogP contribution in [0, 0.1) is 23.4 Å². The molecule has 1 saturated heterocycles. The zero-order valence-electron chi connectivity index (χ0n) is 20.9. The topological polar surface area (TPSA) is 84.2 Å². The number of carbonyl (C=O) groups is 1. The molecule has 200 valence electrons. The lowest BCUT2D eigenvalue weighted by atomic mass is 9.82. The average Bonchev–Trinajstić information content (AvgIpc) is 3.33. The zero-order valence-corrected chi connectivity index (χ0v) is 20.9. The number of benzene rings is 1. The normalized spacial score (nSPS) is 20.7. The van der Waals surface area contributed by atoms with Crippen molar-refractivity contribution in [2.24, 2.45) is 11.1 Å². The van der Waals surface area contributed by atoms with Gasteiger partial charge in [0.25, 0.3) is 0 Å². The summed E-state index contributed by atoms with van der Waals surface area (Å²) in [5.74, 6) is -4.55. The summed E-state index contributed by atoms with van der Waals surface area (Å²) in [6.45, 7) is 3.95. The van der Waals surface area contributed by atoms with Crippen molar-refractivity contribution in [2.45, 2.75) is 44.8 Å². The van der Waals surface area contributed by atoms with E-state index in [0.717, 1.165) is 11.8 Å². The fourth-order valence-corrected chi connectivity index (χ4v) is 5.18. The highest BCUT2D eigenvalue weighted by Gasteiger charge is 2.43. The number of aromatic nitrogens is 1. The molecule has 10 heteroatoms. The number of hydrogen-bond donors (Lipinski definition) is 1. The quantitative estimate of drug-likeness (QED) is 0.495. The van der Waals surface area contributed by atoms with Gasteiger partial charge < -0.3 is 14.7 Å².